The van der Waals surface area contributed by atoms with E-state index in [4.69, 9.17) is 9.15 Å². The highest BCUT2D eigenvalue weighted by molar-refractivity contribution is 5.90. The van der Waals surface area contributed by atoms with Crippen LogP contribution in [0.3, 0.4) is 0 Å². The Hall–Kier alpha value is -2.96. The Balaban J connectivity index is 1.57. The molecule has 1 N–H and O–H groups in total. The molecule has 132 valence electrons. The maximum atomic E-state index is 12.4. The molecule has 0 atom stereocenters. The Labute approximate surface area is 146 Å². The van der Waals surface area contributed by atoms with Crippen LogP contribution in [0.2, 0.25) is 0 Å². The minimum Gasteiger partial charge on any atom is -0.464 e. The highest BCUT2D eigenvalue weighted by atomic mass is 16.6. The number of benzene rings is 1. The topological polar surface area (TPSA) is 75.0 Å². The van der Waals surface area contributed by atoms with E-state index >= 15 is 0 Å². The third-order valence-corrected chi connectivity index (χ3v) is 4.01. The molecule has 1 aromatic carbocycles. The third-order valence-electron chi connectivity index (χ3n) is 4.01. The first-order valence-electron chi connectivity index (χ1n) is 8.29. The summed E-state index contributed by atoms with van der Waals surface area (Å²) >= 11 is 0. The smallest absolute Gasteiger partial charge is 0.409 e. The summed E-state index contributed by atoms with van der Waals surface area (Å²) in [7, 11) is 0. The van der Waals surface area contributed by atoms with Gasteiger partial charge in [0.15, 0.2) is 0 Å². The van der Waals surface area contributed by atoms with Crippen molar-refractivity contribution in [3.05, 3.63) is 42.7 Å². The van der Waals surface area contributed by atoms with Gasteiger partial charge in [-0.25, -0.2) is 9.59 Å². The predicted molar refractivity (Wildman–Crippen MR) is 93.3 cm³/mol. The lowest BCUT2D eigenvalue weighted by Crippen LogP contribution is -2.51. The fourth-order valence-electron chi connectivity index (χ4n) is 2.70. The van der Waals surface area contributed by atoms with E-state index in [1.807, 2.05) is 36.4 Å². The van der Waals surface area contributed by atoms with E-state index in [1.54, 1.807) is 23.0 Å². The molecule has 0 unspecified atom stereocenters. The van der Waals surface area contributed by atoms with E-state index in [0.29, 0.717) is 38.5 Å². The van der Waals surface area contributed by atoms with Crippen molar-refractivity contribution in [1.82, 2.24) is 9.80 Å². The molecule has 1 aliphatic rings. The largest absolute Gasteiger partial charge is 0.464 e. The molecule has 2 aromatic rings. The number of furan rings is 1. The van der Waals surface area contributed by atoms with Gasteiger partial charge in [0.05, 0.1) is 12.9 Å². The maximum absolute atomic E-state index is 12.4. The number of nitrogens with one attached hydrogen (secondary N) is 1. The van der Waals surface area contributed by atoms with Crippen LogP contribution in [0.1, 0.15) is 6.92 Å². The Morgan fingerprint density at radius 3 is 2.56 bits per heavy atom. The Morgan fingerprint density at radius 2 is 1.88 bits per heavy atom. The van der Waals surface area contributed by atoms with Gasteiger partial charge in [0.1, 0.15) is 5.76 Å². The van der Waals surface area contributed by atoms with E-state index in [0.717, 1.165) is 11.3 Å². The molecule has 25 heavy (non-hydrogen) atoms. The van der Waals surface area contributed by atoms with Crippen molar-refractivity contribution >= 4 is 17.8 Å². The van der Waals surface area contributed by atoms with Gasteiger partial charge in [0.2, 0.25) is 0 Å². The summed E-state index contributed by atoms with van der Waals surface area (Å²) in [5.74, 6) is 0.749. The van der Waals surface area contributed by atoms with Crippen LogP contribution in [0.4, 0.5) is 15.3 Å². The molecule has 0 spiro atoms. The van der Waals surface area contributed by atoms with Gasteiger partial charge in [0.25, 0.3) is 0 Å². The van der Waals surface area contributed by atoms with Crippen molar-refractivity contribution in [3.63, 3.8) is 0 Å². The molecule has 0 saturated carbocycles. The summed E-state index contributed by atoms with van der Waals surface area (Å²) in [4.78, 5) is 27.4. The number of urea groups is 1. The number of ether oxygens (including phenoxy) is 1. The minimum atomic E-state index is -0.325. The summed E-state index contributed by atoms with van der Waals surface area (Å²) in [5.41, 5.74) is 1.60. The van der Waals surface area contributed by atoms with Crippen LogP contribution in [0.25, 0.3) is 11.3 Å². The monoisotopic (exact) mass is 343 g/mol. The summed E-state index contributed by atoms with van der Waals surface area (Å²) < 4.78 is 10.4. The van der Waals surface area contributed by atoms with Crippen molar-refractivity contribution in [3.8, 4) is 11.3 Å². The van der Waals surface area contributed by atoms with Gasteiger partial charge < -0.3 is 24.3 Å². The number of amides is 3. The lowest BCUT2D eigenvalue weighted by Gasteiger charge is -2.34. The zero-order valence-electron chi connectivity index (χ0n) is 14.1. The van der Waals surface area contributed by atoms with Gasteiger partial charge in [-0.15, -0.1) is 0 Å². The van der Waals surface area contributed by atoms with Crippen molar-refractivity contribution < 1.29 is 18.7 Å². The zero-order chi connectivity index (χ0) is 17.6. The van der Waals surface area contributed by atoms with E-state index in [9.17, 15) is 9.59 Å². The molecule has 3 amide bonds. The first-order valence-corrected chi connectivity index (χ1v) is 8.29. The molecular weight excluding hydrogens is 322 g/mol. The molecule has 0 aliphatic carbocycles. The average Bonchev–Trinajstić information content (AvgIpc) is 3.17. The molecular formula is C18H21N3O4. The van der Waals surface area contributed by atoms with Gasteiger partial charge in [-0.05, 0) is 31.2 Å². The molecule has 2 heterocycles. The second-order valence-electron chi connectivity index (χ2n) is 5.66. The maximum Gasteiger partial charge on any atom is 0.409 e. The Kier molecular flexibility index (Phi) is 5.23. The second-order valence-corrected chi connectivity index (χ2v) is 5.66. The van der Waals surface area contributed by atoms with Gasteiger partial charge in [0, 0.05) is 37.4 Å². The number of hydrogen-bond donors (Lipinski definition) is 1. The summed E-state index contributed by atoms with van der Waals surface area (Å²) in [6, 6.07) is 11.0. The number of rotatable bonds is 3. The minimum absolute atomic E-state index is 0.180. The number of hydrogen-bond acceptors (Lipinski definition) is 4. The van der Waals surface area contributed by atoms with Gasteiger partial charge in [-0.3, -0.25) is 0 Å². The highest BCUT2D eigenvalue weighted by Crippen LogP contribution is 2.23. The Morgan fingerprint density at radius 1 is 1.12 bits per heavy atom. The summed E-state index contributed by atoms with van der Waals surface area (Å²) in [6.07, 6.45) is 1.29. The number of nitrogens with zero attached hydrogens (tertiary/aromatic N) is 2. The highest BCUT2D eigenvalue weighted by Gasteiger charge is 2.24. The third kappa shape index (κ3) is 4.12. The SMILES string of the molecule is CCOC(=O)N1CCN(C(=O)Nc2cccc(-c3ccco3)c2)CC1. The molecule has 0 radical (unpaired) electrons. The van der Waals surface area contributed by atoms with Gasteiger partial charge in [-0.1, -0.05) is 12.1 Å². The van der Waals surface area contributed by atoms with Gasteiger partial charge in [-0.2, -0.15) is 0 Å². The number of piperazine rings is 1. The van der Waals surface area contributed by atoms with Crippen molar-refractivity contribution in [2.75, 3.05) is 38.1 Å². The summed E-state index contributed by atoms with van der Waals surface area (Å²) in [5, 5.41) is 2.89. The molecule has 0 bridgehead atoms. The van der Waals surface area contributed by atoms with E-state index in [1.165, 1.54) is 0 Å². The first kappa shape index (κ1) is 16.9. The Bertz CT molecular complexity index is 722. The van der Waals surface area contributed by atoms with Gasteiger partial charge >= 0.3 is 12.1 Å². The molecule has 7 heteroatoms. The normalized spacial score (nSPS) is 14.3. The average molecular weight is 343 g/mol. The molecule has 1 saturated heterocycles. The number of carbonyl (C=O) groups excluding carboxylic acids is 2. The van der Waals surface area contributed by atoms with Crippen LogP contribution in [0.5, 0.6) is 0 Å². The predicted octanol–water partition coefficient (Wildman–Crippen LogP) is 3.25. The lowest BCUT2D eigenvalue weighted by molar-refractivity contribution is 0.0868. The second kappa shape index (κ2) is 7.74. The van der Waals surface area contributed by atoms with Crippen LogP contribution in [0, 0.1) is 0 Å². The van der Waals surface area contributed by atoms with Crippen LogP contribution >= 0.6 is 0 Å². The lowest BCUT2D eigenvalue weighted by atomic mass is 10.1. The van der Waals surface area contributed by atoms with Crippen LogP contribution < -0.4 is 5.32 Å². The molecule has 1 fully saturated rings. The van der Waals surface area contributed by atoms with Crippen LogP contribution in [0.15, 0.2) is 47.1 Å². The molecule has 3 rings (SSSR count). The van der Waals surface area contributed by atoms with Crippen molar-refractivity contribution in [2.45, 2.75) is 6.92 Å². The fraction of sp³-hybridized carbons (Fsp3) is 0.333. The fourth-order valence-corrected chi connectivity index (χ4v) is 2.70. The first-order chi connectivity index (χ1) is 12.2. The van der Waals surface area contributed by atoms with Crippen LogP contribution in [-0.4, -0.2) is 54.7 Å². The molecule has 1 aromatic heterocycles. The molecule has 1 aliphatic heterocycles. The van der Waals surface area contributed by atoms with E-state index in [2.05, 4.69) is 5.32 Å². The number of anilines is 1. The molecule has 7 nitrogen and oxygen atoms in total. The number of carbonyl (C=O) groups is 2. The van der Waals surface area contributed by atoms with Crippen molar-refractivity contribution in [1.29, 1.82) is 0 Å². The van der Waals surface area contributed by atoms with E-state index < -0.39 is 0 Å². The van der Waals surface area contributed by atoms with Crippen molar-refractivity contribution in [2.24, 2.45) is 0 Å². The van der Waals surface area contributed by atoms with E-state index in [-0.39, 0.29) is 12.1 Å². The summed E-state index contributed by atoms with van der Waals surface area (Å²) in [6.45, 7) is 4.02. The quantitative estimate of drug-likeness (QED) is 0.928. The standard InChI is InChI=1S/C18H21N3O4/c1-2-24-18(23)21-10-8-20(9-11-21)17(22)19-15-6-3-5-14(13-15)16-7-4-12-25-16/h3-7,12-13H,2,8-11H2,1H3,(H,19,22). The van der Waals surface area contributed by atoms with Crippen LogP contribution in [-0.2, 0) is 4.74 Å². The zero-order valence-corrected chi connectivity index (χ0v) is 14.1.